The van der Waals surface area contributed by atoms with E-state index in [0.29, 0.717) is 30.6 Å². The Labute approximate surface area is 197 Å². The molecule has 9 nitrogen and oxygen atoms in total. The van der Waals surface area contributed by atoms with Gasteiger partial charge >= 0.3 is 0 Å². The van der Waals surface area contributed by atoms with E-state index in [0.717, 1.165) is 47.2 Å². The van der Waals surface area contributed by atoms with Gasteiger partial charge in [0.05, 0.1) is 29.6 Å². The fraction of sp³-hybridized carbons (Fsp3) is 0.435. The summed E-state index contributed by atoms with van der Waals surface area (Å²) >= 11 is 6.10. The molecule has 1 aliphatic heterocycles. The molecule has 4 aromatic rings. The molecule has 5 heterocycles. The van der Waals surface area contributed by atoms with Gasteiger partial charge in [-0.05, 0) is 31.0 Å². The van der Waals surface area contributed by atoms with Gasteiger partial charge in [-0.15, -0.1) is 0 Å². The molecule has 5 rings (SSSR count). The fourth-order valence-corrected chi connectivity index (χ4v) is 4.43. The van der Waals surface area contributed by atoms with Crippen molar-refractivity contribution in [2.24, 2.45) is 5.92 Å². The first-order valence-corrected chi connectivity index (χ1v) is 11.7. The van der Waals surface area contributed by atoms with Gasteiger partial charge in [0.1, 0.15) is 17.3 Å². The number of pyridine rings is 1. The molecule has 1 saturated heterocycles. The van der Waals surface area contributed by atoms with Gasteiger partial charge in [-0.2, -0.15) is 9.61 Å². The van der Waals surface area contributed by atoms with E-state index in [1.807, 2.05) is 45.7 Å². The third-order valence-electron chi connectivity index (χ3n) is 6.17. The number of imidazole rings is 1. The van der Waals surface area contributed by atoms with Gasteiger partial charge in [-0.25, -0.2) is 9.97 Å². The van der Waals surface area contributed by atoms with Crippen LogP contribution in [0.25, 0.3) is 11.3 Å². The molecule has 10 heteroatoms. The van der Waals surface area contributed by atoms with E-state index >= 15 is 0 Å². The molecule has 174 valence electrons. The number of rotatable bonds is 7. The van der Waals surface area contributed by atoms with Crippen LogP contribution in [0, 0.1) is 5.92 Å². The molecular weight excluding hydrogens is 440 g/mol. The van der Waals surface area contributed by atoms with Crippen molar-refractivity contribution in [1.29, 1.82) is 0 Å². The molecule has 33 heavy (non-hydrogen) atoms. The molecule has 0 spiro atoms. The van der Waals surface area contributed by atoms with Crippen LogP contribution in [0.15, 0.2) is 36.8 Å². The van der Waals surface area contributed by atoms with E-state index in [2.05, 4.69) is 39.9 Å². The van der Waals surface area contributed by atoms with Gasteiger partial charge in [0.2, 0.25) is 0 Å². The zero-order chi connectivity index (χ0) is 22.9. The number of halogens is 1. The number of hydrogen-bond donors (Lipinski definition) is 4. The van der Waals surface area contributed by atoms with Gasteiger partial charge in [-0.1, -0.05) is 25.4 Å². The average Bonchev–Trinajstić information content (AvgIpc) is 3.40. The van der Waals surface area contributed by atoms with E-state index in [4.69, 9.17) is 16.6 Å². The summed E-state index contributed by atoms with van der Waals surface area (Å²) < 4.78 is 3.76. The lowest BCUT2D eigenvalue weighted by Gasteiger charge is -2.28. The number of piperidine rings is 1. The van der Waals surface area contributed by atoms with Crippen LogP contribution in [-0.2, 0) is 6.54 Å². The van der Waals surface area contributed by atoms with Gasteiger partial charge in [-0.3, -0.25) is 0 Å². The summed E-state index contributed by atoms with van der Waals surface area (Å²) in [6, 6.07) is 5.70. The monoisotopic (exact) mass is 468 g/mol. The third kappa shape index (κ3) is 4.62. The quantitative estimate of drug-likeness (QED) is 0.330. The Bertz CT molecular complexity index is 1270. The zero-order valence-electron chi connectivity index (χ0n) is 18.8. The summed E-state index contributed by atoms with van der Waals surface area (Å²) in [7, 11) is 0. The minimum atomic E-state index is -0.350. The minimum absolute atomic E-state index is 0.194. The second-order valence-corrected chi connectivity index (χ2v) is 9.35. The molecule has 0 aromatic carbocycles. The van der Waals surface area contributed by atoms with E-state index in [1.165, 1.54) is 0 Å². The Morgan fingerprint density at radius 2 is 2.12 bits per heavy atom. The summed E-state index contributed by atoms with van der Waals surface area (Å²) in [4.78, 5) is 9.50. The lowest BCUT2D eigenvalue weighted by atomic mass is 9.95. The fourth-order valence-electron chi connectivity index (χ4n) is 4.26. The van der Waals surface area contributed by atoms with Crippen LogP contribution in [0.2, 0.25) is 5.02 Å². The molecular formula is C23H29ClN8O. The number of aliphatic hydroxyl groups excluding tert-OH is 1. The molecule has 1 fully saturated rings. The number of aliphatic hydroxyl groups is 1. The number of aromatic nitrogens is 5. The molecule has 0 bridgehead atoms. The highest BCUT2D eigenvalue weighted by molar-refractivity contribution is 6.30. The van der Waals surface area contributed by atoms with Crippen LogP contribution in [0.3, 0.4) is 0 Å². The topological polar surface area (TPSA) is 104 Å². The largest absolute Gasteiger partial charge is 0.391 e. The number of nitrogens with one attached hydrogen (secondary N) is 3. The standard InChI is InChI=1S/C23H29ClN8O/c1-14(2)18-10-28-32-22(27-9-17-13-31-12-16(24)3-4-21(31)29-17)7-20(30-23(18)32)26-8-15-5-6-25-11-19(15)33/h3-4,7,10,12-15,19,25,27,33H,5-6,8-9,11H2,1-2H3,(H,26,30)/t15-,19+/m1/s1. The smallest absolute Gasteiger partial charge is 0.163 e. The van der Waals surface area contributed by atoms with E-state index < -0.39 is 0 Å². The van der Waals surface area contributed by atoms with Crippen molar-refractivity contribution in [3.63, 3.8) is 0 Å². The highest BCUT2D eigenvalue weighted by atomic mass is 35.5. The normalized spacial score (nSPS) is 18.9. The number of β-amino-alcohol motifs (C(OH)–C–C–N with tert-alkyl or cyclic N) is 1. The van der Waals surface area contributed by atoms with E-state index in [1.54, 1.807) is 0 Å². The second kappa shape index (κ2) is 9.17. The van der Waals surface area contributed by atoms with Crippen LogP contribution in [0.5, 0.6) is 0 Å². The molecule has 2 atom stereocenters. The third-order valence-corrected chi connectivity index (χ3v) is 6.40. The zero-order valence-corrected chi connectivity index (χ0v) is 19.5. The first-order chi connectivity index (χ1) is 16.0. The average molecular weight is 469 g/mol. The Morgan fingerprint density at radius 1 is 1.24 bits per heavy atom. The Balaban J connectivity index is 1.40. The second-order valence-electron chi connectivity index (χ2n) is 8.92. The molecule has 0 radical (unpaired) electrons. The maximum Gasteiger partial charge on any atom is 0.163 e. The molecule has 0 saturated carbocycles. The van der Waals surface area contributed by atoms with Crippen molar-refractivity contribution in [2.75, 3.05) is 30.3 Å². The lowest BCUT2D eigenvalue weighted by Crippen LogP contribution is -2.43. The minimum Gasteiger partial charge on any atom is -0.391 e. The molecule has 0 aliphatic carbocycles. The molecule has 0 amide bonds. The van der Waals surface area contributed by atoms with Crippen LogP contribution in [0.1, 0.15) is 37.4 Å². The summed E-state index contributed by atoms with van der Waals surface area (Å²) in [6.45, 7) is 7.03. The Morgan fingerprint density at radius 3 is 2.94 bits per heavy atom. The Hall–Kier alpha value is -2.88. The van der Waals surface area contributed by atoms with Crippen molar-refractivity contribution >= 4 is 34.5 Å². The van der Waals surface area contributed by atoms with Gasteiger partial charge in [0, 0.05) is 43.0 Å². The van der Waals surface area contributed by atoms with E-state index in [-0.39, 0.29) is 12.0 Å². The summed E-state index contributed by atoms with van der Waals surface area (Å²) in [5.74, 6) is 2.09. The summed E-state index contributed by atoms with van der Waals surface area (Å²) in [5, 5.41) is 25.7. The van der Waals surface area contributed by atoms with Crippen LogP contribution < -0.4 is 16.0 Å². The van der Waals surface area contributed by atoms with Crippen LogP contribution in [-0.4, -0.2) is 54.8 Å². The molecule has 0 unspecified atom stereocenters. The van der Waals surface area contributed by atoms with Crippen LogP contribution >= 0.6 is 11.6 Å². The molecule has 4 aromatic heterocycles. The van der Waals surface area contributed by atoms with Crippen molar-refractivity contribution in [3.8, 4) is 0 Å². The van der Waals surface area contributed by atoms with E-state index in [9.17, 15) is 5.11 Å². The number of nitrogens with zero attached hydrogens (tertiary/aromatic N) is 5. The number of fused-ring (bicyclic) bond motifs is 2. The Kier molecular flexibility index (Phi) is 6.09. The summed E-state index contributed by atoms with van der Waals surface area (Å²) in [6.07, 6.45) is 6.27. The summed E-state index contributed by atoms with van der Waals surface area (Å²) in [5.41, 5.74) is 3.65. The lowest BCUT2D eigenvalue weighted by molar-refractivity contribution is 0.0883. The SMILES string of the molecule is CC(C)c1cnn2c(NCc3cn4cc(Cl)ccc4n3)cc(NC[C@H]3CCNC[C@@H]3O)nc12. The predicted molar refractivity (Wildman–Crippen MR) is 130 cm³/mol. The van der Waals surface area contributed by atoms with Gasteiger partial charge in [0.15, 0.2) is 5.65 Å². The van der Waals surface area contributed by atoms with Crippen molar-refractivity contribution in [3.05, 3.63) is 53.1 Å². The highest BCUT2D eigenvalue weighted by Crippen LogP contribution is 2.25. The maximum absolute atomic E-state index is 10.3. The molecule has 4 N–H and O–H groups in total. The first kappa shape index (κ1) is 21.9. The maximum atomic E-state index is 10.3. The molecule has 1 aliphatic rings. The van der Waals surface area contributed by atoms with Crippen LogP contribution in [0.4, 0.5) is 11.6 Å². The van der Waals surface area contributed by atoms with Crippen molar-refractivity contribution in [2.45, 2.75) is 38.8 Å². The van der Waals surface area contributed by atoms with Gasteiger partial charge < -0.3 is 25.5 Å². The highest BCUT2D eigenvalue weighted by Gasteiger charge is 2.23. The predicted octanol–water partition coefficient (Wildman–Crippen LogP) is 3.15. The number of anilines is 2. The van der Waals surface area contributed by atoms with Crippen molar-refractivity contribution in [1.82, 2.24) is 29.3 Å². The number of hydrogen-bond acceptors (Lipinski definition) is 7. The van der Waals surface area contributed by atoms with Crippen molar-refractivity contribution < 1.29 is 5.11 Å². The van der Waals surface area contributed by atoms with Gasteiger partial charge in [0.25, 0.3) is 0 Å². The first-order valence-electron chi connectivity index (χ1n) is 11.4.